The zero-order valence-electron chi connectivity index (χ0n) is 10.6. The zero-order chi connectivity index (χ0) is 14.2. The van der Waals surface area contributed by atoms with Crippen molar-refractivity contribution in [3.05, 3.63) is 63.3 Å². The molecule has 3 nitrogen and oxygen atoms in total. The van der Waals surface area contributed by atoms with E-state index in [1.807, 2.05) is 24.3 Å². The van der Waals surface area contributed by atoms with Crippen molar-refractivity contribution in [2.45, 2.75) is 18.4 Å². The van der Waals surface area contributed by atoms with Gasteiger partial charge in [-0.15, -0.1) is 0 Å². The van der Waals surface area contributed by atoms with Gasteiger partial charge in [-0.3, -0.25) is 4.79 Å². The summed E-state index contributed by atoms with van der Waals surface area (Å²) in [6.07, 6.45) is 3.41. The molecule has 2 aromatic rings. The first-order valence-electron chi connectivity index (χ1n) is 6.29. The van der Waals surface area contributed by atoms with Gasteiger partial charge in [0, 0.05) is 10.7 Å². The van der Waals surface area contributed by atoms with Gasteiger partial charge in [0.05, 0.1) is 11.1 Å². The molecule has 0 bridgehead atoms. The van der Waals surface area contributed by atoms with Crippen LogP contribution in [0.15, 0.2) is 47.1 Å². The molecule has 0 unspecified atom stereocenters. The fourth-order valence-corrected chi connectivity index (χ4v) is 2.56. The molecule has 1 saturated carbocycles. The third-order valence-electron chi connectivity index (χ3n) is 3.49. The van der Waals surface area contributed by atoms with E-state index in [9.17, 15) is 4.79 Å². The molecule has 1 fully saturated rings. The van der Waals surface area contributed by atoms with Crippen molar-refractivity contribution in [3.8, 4) is 0 Å². The molecular formula is C15H12BrClN2O. The Hall–Kier alpha value is -1.39. The van der Waals surface area contributed by atoms with Gasteiger partial charge >= 0.3 is 0 Å². The topological polar surface area (TPSA) is 42.0 Å². The van der Waals surface area contributed by atoms with Crippen LogP contribution in [0, 0.1) is 0 Å². The molecule has 1 amide bonds. The van der Waals surface area contributed by atoms with E-state index in [-0.39, 0.29) is 11.4 Å². The Balaban J connectivity index is 1.78. The first-order valence-corrected chi connectivity index (χ1v) is 7.46. The van der Waals surface area contributed by atoms with Crippen molar-refractivity contribution >= 4 is 33.4 Å². The number of carbonyl (C=O) groups is 1. The Morgan fingerprint density at radius 3 is 2.45 bits per heavy atom. The van der Waals surface area contributed by atoms with Crippen LogP contribution in [0.1, 0.15) is 28.8 Å². The van der Waals surface area contributed by atoms with E-state index in [4.69, 9.17) is 11.6 Å². The van der Waals surface area contributed by atoms with Crippen LogP contribution in [0.25, 0.3) is 0 Å². The van der Waals surface area contributed by atoms with Crippen LogP contribution < -0.4 is 5.32 Å². The molecule has 0 radical (unpaired) electrons. The number of hydrogen-bond acceptors (Lipinski definition) is 2. The van der Waals surface area contributed by atoms with E-state index in [2.05, 4.69) is 26.2 Å². The predicted octanol–water partition coefficient (Wildman–Crippen LogP) is 3.92. The third kappa shape index (κ3) is 2.72. The number of nitrogens with zero attached hydrogens (tertiary/aromatic N) is 1. The summed E-state index contributed by atoms with van der Waals surface area (Å²) in [4.78, 5) is 16.2. The first-order chi connectivity index (χ1) is 9.59. The van der Waals surface area contributed by atoms with Crippen molar-refractivity contribution < 1.29 is 4.79 Å². The number of pyridine rings is 1. The van der Waals surface area contributed by atoms with Gasteiger partial charge in [0.1, 0.15) is 5.15 Å². The Morgan fingerprint density at radius 2 is 1.90 bits per heavy atom. The van der Waals surface area contributed by atoms with Crippen molar-refractivity contribution in [2.24, 2.45) is 0 Å². The molecule has 1 aromatic carbocycles. The molecule has 1 aliphatic rings. The number of hydrogen-bond donors (Lipinski definition) is 1. The number of amides is 1. The summed E-state index contributed by atoms with van der Waals surface area (Å²) in [5.41, 5.74) is 1.44. The summed E-state index contributed by atoms with van der Waals surface area (Å²) in [6.45, 7) is 0. The second-order valence-corrected chi connectivity index (χ2v) is 6.22. The summed E-state index contributed by atoms with van der Waals surface area (Å²) in [5, 5.41) is 3.49. The highest BCUT2D eigenvalue weighted by atomic mass is 79.9. The molecule has 1 aromatic heterocycles. The molecule has 20 heavy (non-hydrogen) atoms. The summed E-state index contributed by atoms with van der Waals surface area (Å²) in [5.74, 6) is -0.116. The summed E-state index contributed by atoms with van der Waals surface area (Å²) in [6, 6.07) is 11.4. The van der Waals surface area contributed by atoms with E-state index in [0.717, 1.165) is 22.9 Å². The van der Waals surface area contributed by atoms with Gasteiger partial charge in [-0.05, 0) is 42.7 Å². The van der Waals surface area contributed by atoms with Gasteiger partial charge in [-0.2, -0.15) is 0 Å². The van der Waals surface area contributed by atoms with Crippen molar-refractivity contribution in [3.63, 3.8) is 0 Å². The van der Waals surface area contributed by atoms with Gasteiger partial charge in [-0.1, -0.05) is 39.7 Å². The number of benzene rings is 1. The van der Waals surface area contributed by atoms with E-state index in [1.165, 1.54) is 6.20 Å². The lowest BCUT2D eigenvalue weighted by atomic mass is 10.0. The molecule has 0 aliphatic heterocycles. The molecular weight excluding hydrogens is 340 g/mol. The van der Waals surface area contributed by atoms with Crippen molar-refractivity contribution in [2.75, 3.05) is 0 Å². The maximum absolute atomic E-state index is 12.2. The molecule has 0 saturated heterocycles. The fraction of sp³-hybridized carbons (Fsp3) is 0.200. The van der Waals surface area contributed by atoms with E-state index in [1.54, 1.807) is 12.1 Å². The Bertz CT molecular complexity index is 636. The lowest BCUT2D eigenvalue weighted by Gasteiger charge is -2.18. The Morgan fingerprint density at radius 1 is 1.20 bits per heavy atom. The average Bonchev–Trinajstić information content (AvgIpc) is 3.21. The van der Waals surface area contributed by atoms with E-state index >= 15 is 0 Å². The van der Waals surface area contributed by atoms with Gasteiger partial charge in [0.2, 0.25) is 0 Å². The van der Waals surface area contributed by atoms with Crippen LogP contribution in [-0.2, 0) is 5.54 Å². The predicted molar refractivity (Wildman–Crippen MR) is 81.8 cm³/mol. The lowest BCUT2D eigenvalue weighted by molar-refractivity contribution is 0.0930. The molecule has 3 rings (SSSR count). The molecule has 102 valence electrons. The van der Waals surface area contributed by atoms with Crippen LogP contribution >= 0.6 is 27.5 Å². The lowest BCUT2D eigenvalue weighted by Crippen LogP contribution is -2.34. The fourth-order valence-electron chi connectivity index (χ4n) is 2.18. The minimum absolute atomic E-state index is 0.116. The largest absolute Gasteiger partial charge is 0.342 e. The highest BCUT2D eigenvalue weighted by Crippen LogP contribution is 2.45. The van der Waals surface area contributed by atoms with Gasteiger partial charge in [0.25, 0.3) is 5.91 Å². The number of nitrogens with one attached hydrogen (secondary N) is 1. The third-order valence-corrected chi connectivity index (χ3v) is 4.24. The SMILES string of the molecule is O=C(NC1(c2ccc(Br)cc2)CC1)c1ccc(Cl)nc1. The quantitative estimate of drug-likeness (QED) is 0.852. The number of aromatic nitrogens is 1. The molecule has 5 heteroatoms. The minimum Gasteiger partial charge on any atom is -0.342 e. The second-order valence-electron chi connectivity index (χ2n) is 4.91. The zero-order valence-corrected chi connectivity index (χ0v) is 12.9. The van der Waals surface area contributed by atoms with Gasteiger partial charge in [0.15, 0.2) is 0 Å². The minimum atomic E-state index is -0.225. The Labute approximate surface area is 130 Å². The Kier molecular flexibility index (Phi) is 3.52. The number of carbonyl (C=O) groups excluding carboxylic acids is 1. The smallest absolute Gasteiger partial charge is 0.253 e. The van der Waals surface area contributed by atoms with Gasteiger partial charge < -0.3 is 5.32 Å². The van der Waals surface area contributed by atoms with Crippen LogP contribution in [0.5, 0.6) is 0 Å². The molecule has 0 spiro atoms. The molecule has 0 atom stereocenters. The van der Waals surface area contributed by atoms with Crippen LogP contribution in [0.3, 0.4) is 0 Å². The summed E-state index contributed by atoms with van der Waals surface area (Å²) >= 11 is 9.14. The second kappa shape index (κ2) is 5.19. The maximum atomic E-state index is 12.2. The van der Waals surface area contributed by atoms with Crippen molar-refractivity contribution in [1.29, 1.82) is 0 Å². The standard InChI is InChI=1S/C15H12BrClN2O/c16-12-4-2-11(3-5-12)15(7-8-15)19-14(20)10-1-6-13(17)18-9-10/h1-6,9H,7-8H2,(H,19,20). The van der Waals surface area contributed by atoms with Crippen LogP contribution in [0.2, 0.25) is 5.15 Å². The first kappa shape index (κ1) is 13.6. The highest BCUT2D eigenvalue weighted by molar-refractivity contribution is 9.10. The molecule has 1 N–H and O–H groups in total. The summed E-state index contributed by atoms with van der Waals surface area (Å²) in [7, 11) is 0. The van der Waals surface area contributed by atoms with Crippen LogP contribution in [0.4, 0.5) is 0 Å². The van der Waals surface area contributed by atoms with Crippen LogP contribution in [-0.4, -0.2) is 10.9 Å². The summed E-state index contributed by atoms with van der Waals surface area (Å²) < 4.78 is 1.03. The van der Waals surface area contributed by atoms with E-state index in [0.29, 0.717) is 10.7 Å². The molecule has 1 heterocycles. The number of rotatable bonds is 3. The van der Waals surface area contributed by atoms with Crippen molar-refractivity contribution in [1.82, 2.24) is 10.3 Å². The van der Waals surface area contributed by atoms with E-state index < -0.39 is 0 Å². The monoisotopic (exact) mass is 350 g/mol. The highest BCUT2D eigenvalue weighted by Gasteiger charge is 2.45. The number of halogens is 2. The van der Waals surface area contributed by atoms with Gasteiger partial charge in [-0.25, -0.2) is 4.98 Å². The normalized spacial score (nSPS) is 15.7. The molecule has 1 aliphatic carbocycles. The average molecular weight is 352 g/mol. The maximum Gasteiger partial charge on any atom is 0.253 e.